The van der Waals surface area contributed by atoms with Crippen LogP contribution in [0.4, 0.5) is 18.4 Å². The SMILES string of the molecule is C[Si](C)(C)CCOCOc1nc2ncccc2n1C1CCN(C(=O)N[C@@H]2CC[C@@H](c3cccc(F)c3F)[C@H](NC(=O)O)c3nccnc32)CC1. The maximum absolute atomic E-state index is 15.0. The molecule has 16 heteroatoms. The lowest BCUT2D eigenvalue weighted by Gasteiger charge is -2.34. The molecule has 1 aliphatic heterocycles. The minimum absolute atomic E-state index is 0.000482. The Morgan fingerprint density at radius 1 is 0.960 bits per heavy atom. The number of aromatic nitrogens is 5. The van der Waals surface area contributed by atoms with Crippen molar-refractivity contribution in [3.63, 3.8) is 0 Å². The van der Waals surface area contributed by atoms with Crippen LogP contribution in [-0.2, 0) is 4.74 Å². The fraction of sp³-hybridized carbons (Fsp3) is 0.471. The van der Waals surface area contributed by atoms with Crippen LogP contribution in [0.1, 0.15) is 66.7 Å². The Morgan fingerprint density at radius 3 is 2.46 bits per heavy atom. The number of ether oxygens (including phenoxy) is 2. The van der Waals surface area contributed by atoms with Crippen molar-refractivity contribution in [3.05, 3.63) is 77.5 Å². The summed E-state index contributed by atoms with van der Waals surface area (Å²) in [4.78, 5) is 45.3. The van der Waals surface area contributed by atoms with Gasteiger partial charge in [0.2, 0.25) is 0 Å². The maximum Gasteiger partial charge on any atom is 0.405 e. The normalized spacial score (nSPS) is 19.9. The number of fused-ring (bicyclic) bond motifs is 2. The van der Waals surface area contributed by atoms with E-state index in [0.29, 0.717) is 56.3 Å². The predicted octanol–water partition coefficient (Wildman–Crippen LogP) is 6.16. The van der Waals surface area contributed by atoms with Gasteiger partial charge in [-0.1, -0.05) is 31.8 Å². The highest BCUT2D eigenvalue weighted by molar-refractivity contribution is 6.76. The number of amides is 3. The van der Waals surface area contributed by atoms with E-state index in [1.807, 2.05) is 16.7 Å². The summed E-state index contributed by atoms with van der Waals surface area (Å²) in [5.41, 5.74) is 2.07. The van der Waals surface area contributed by atoms with Crippen LogP contribution >= 0.6 is 0 Å². The Morgan fingerprint density at radius 2 is 1.72 bits per heavy atom. The van der Waals surface area contributed by atoms with E-state index in [4.69, 9.17) is 9.47 Å². The number of pyridine rings is 1. The van der Waals surface area contributed by atoms with Crippen molar-refractivity contribution in [2.24, 2.45) is 0 Å². The minimum Gasteiger partial charge on any atom is -0.465 e. The molecule has 3 aromatic heterocycles. The van der Waals surface area contributed by atoms with E-state index in [1.165, 1.54) is 24.5 Å². The number of rotatable bonds is 10. The van der Waals surface area contributed by atoms with E-state index in [1.54, 1.807) is 11.1 Å². The van der Waals surface area contributed by atoms with Crippen molar-refractivity contribution in [1.82, 2.24) is 40.0 Å². The fourth-order valence-corrected chi connectivity index (χ4v) is 7.51. The van der Waals surface area contributed by atoms with E-state index in [9.17, 15) is 19.1 Å². The van der Waals surface area contributed by atoms with Gasteiger partial charge >= 0.3 is 18.1 Å². The van der Waals surface area contributed by atoms with Gasteiger partial charge in [0.25, 0.3) is 0 Å². The molecule has 1 aliphatic carbocycles. The van der Waals surface area contributed by atoms with Crippen LogP contribution in [0.25, 0.3) is 11.2 Å². The van der Waals surface area contributed by atoms with Gasteiger partial charge in [-0.05, 0) is 55.5 Å². The second-order valence-corrected chi connectivity index (χ2v) is 19.5. The molecule has 0 unspecified atom stereocenters. The summed E-state index contributed by atoms with van der Waals surface area (Å²) in [5.74, 6) is -2.87. The second-order valence-electron chi connectivity index (χ2n) is 13.9. The van der Waals surface area contributed by atoms with Crippen molar-refractivity contribution in [2.45, 2.75) is 75.4 Å². The summed E-state index contributed by atoms with van der Waals surface area (Å²) in [6.45, 7) is 8.47. The number of halogens is 2. The number of carbonyl (C=O) groups excluding carboxylic acids is 1. The van der Waals surface area contributed by atoms with Gasteiger partial charge in [0.15, 0.2) is 24.1 Å². The fourth-order valence-electron chi connectivity index (χ4n) is 6.76. The molecule has 266 valence electrons. The van der Waals surface area contributed by atoms with Crippen molar-refractivity contribution < 1.29 is 33.0 Å². The van der Waals surface area contributed by atoms with Gasteiger partial charge in [-0.25, -0.2) is 23.4 Å². The topological polar surface area (TPSA) is 157 Å². The van der Waals surface area contributed by atoms with Crippen LogP contribution in [0.3, 0.4) is 0 Å². The van der Waals surface area contributed by atoms with E-state index in [0.717, 1.165) is 17.6 Å². The Balaban J connectivity index is 1.15. The number of piperidine rings is 1. The molecule has 4 heterocycles. The number of carboxylic acid groups (broad SMARTS) is 1. The van der Waals surface area contributed by atoms with Crippen LogP contribution < -0.4 is 15.4 Å². The Labute approximate surface area is 289 Å². The third kappa shape index (κ3) is 7.86. The number of hydrogen-bond acceptors (Lipinski definition) is 8. The molecule has 1 saturated heterocycles. The summed E-state index contributed by atoms with van der Waals surface area (Å²) in [6.07, 6.45) is 5.00. The molecular formula is C34H42F2N8O5Si. The molecule has 3 atom stereocenters. The number of nitrogens with zero attached hydrogens (tertiary/aromatic N) is 6. The van der Waals surface area contributed by atoms with Gasteiger partial charge in [-0.2, -0.15) is 4.98 Å². The van der Waals surface area contributed by atoms with Crippen LogP contribution in [0, 0.1) is 11.6 Å². The van der Waals surface area contributed by atoms with E-state index in [-0.39, 0.29) is 36.5 Å². The van der Waals surface area contributed by atoms with Gasteiger partial charge in [-0.15, -0.1) is 0 Å². The number of carbonyl (C=O) groups is 2. The largest absolute Gasteiger partial charge is 0.465 e. The molecule has 0 saturated carbocycles. The summed E-state index contributed by atoms with van der Waals surface area (Å²) < 4.78 is 43.2. The zero-order valence-electron chi connectivity index (χ0n) is 28.3. The standard InChI is InChI=1S/C34H42F2N8O5Si/c1-50(2,3)19-18-48-20-49-33-42-31-26(8-5-13-39-31)44(33)21-11-16-43(17-12-21)32(45)40-25-10-9-23(22-6-4-7-24(35)27(22)36)28(41-34(46)47)30-29(25)37-14-15-38-30/h4-8,13-15,21,23,25,28,41H,9-12,16-20H2,1-3H3,(H,40,45)(H,46,47)/t23-,25+,28-/m0/s1. The molecule has 0 bridgehead atoms. The molecule has 4 aromatic rings. The third-order valence-corrected chi connectivity index (χ3v) is 11.0. The van der Waals surface area contributed by atoms with Crippen LogP contribution in [0.2, 0.25) is 25.7 Å². The first-order valence-corrected chi connectivity index (χ1v) is 20.5. The first-order chi connectivity index (χ1) is 24.0. The molecule has 0 radical (unpaired) electrons. The molecule has 2 aliphatic rings. The summed E-state index contributed by atoms with van der Waals surface area (Å²) in [6, 6.07) is 7.13. The van der Waals surface area contributed by atoms with E-state index >= 15 is 4.39 Å². The highest BCUT2D eigenvalue weighted by Gasteiger charge is 2.38. The van der Waals surface area contributed by atoms with E-state index in [2.05, 4.69) is 50.2 Å². The molecule has 6 rings (SSSR count). The van der Waals surface area contributed by atoms with Crippen molar-refractivity contribution in [3.8, 4) is 6.01 Å². The summed E-state index contributed by atoms with van der Waals surface area (Å²) >= 11 is 0. The van der Waals surface area contributed by atoms with Crippen molar-refractivity contribution in [2.75, 3.05) is 26.5 Å². The molecule has 3 N–H and O–H groups in total. The summed E-state index contributed by atoms with van der Waals surface area (Å²) in [7, 11) is -1.24. The number of imidazole rings is 1. The molecule has 13 nitrogen and oxygen atoms in total. The lowest BCUT2D eigenvalue weighted by atomic mass is 9.86. The maximum atomic E-state index is 15.0. The molecule has 1 aromatic carbocycles. The average Bonchev–Trinajstić information content (AvgIpc) is 3.39. The van der Waals surface area contributed by atoms with Gasteiger partial charge in [0.1, 0.15) is 0 Å². The number of likely N-dealkylation sites (tertiary alicyclic amines) is 1. The molecule has 1 fully saturated rings. The highest BCUT2D eigenvalue weighted by atomic mass is 28.3. The third-order valence-electron chi connectivity index (χ3n) is 9.33. The smallest absolute Gasteiger partial charge is 0.405 e. The highest BCUT2D eigenvalue weighted by Crippen LogP contribution is 2.43. The molecule has 50 heavy (non-hydrogen) atoms. The monoisotopic (exact) mass is 708 g/mol. The number of urea groups is 1. The number of hydrogen-bond donors (Lipinski definition) is 3. The quantitative estimate of drug-likeness (QED) is 0.0760. The number of benzene rings is 1. The Hall–Kier alpha value is -4.70. The van der Waals surface area contributed by atoms with Gasteiger partial charge in [0, 0.05) is 58.3 Å². The van der Waals surface area contributed by atoms with Crippen molar-refractivity contribution >= 4 is 31.4 Å². The van der Waals surface area contributed by atoms with Crippen LogP contribution in [-0.4, -0.2) is 81.2 Å². The van der Waals surface area contributed by atoms with Crippen LogP contribution in [0.5, 0.6) is 6.01 Å². The summed E-state index contributed by atoms with van der Waals surface area (Å²) in [5, 5.41) is 15.2. The zero-order chi connectivity index (χ0) is 35.4. The number of nitrogens with one attached hydrogen (secondary N) is 2. The molecule has 3 amide bonds. The minimum atomic E-state index is -1.34. The van der Waals surface area contributed by atoms with Crippen molar-refractivity contribution in [1.29, 1.82) is 0 Å². The Bertz CT molecular complexity index is 1830. The van der Waals surface area contributed by atoms with Gasteiger partial charge in [-0.3, -0.25) is 14.5 Å². The van der Waals surface area contributed by atoms with E-state index < -0.39 is 43.8 Å². The molecular weight excluding hydrogens is 667 g/mol. The first-order valence-electron chi connectivity index (χ1n) is 16.8. The van der Waals surface area contributed by atoms with Gasteiger partial charge < -0.3 is 30.1 Å². The lowest BCUT2D eigenvalue weighted by molar-refractivity contribution is 0.0128. The second kappa shape index (κ2) is 15.0. The predicted molar refractivity (Wildman–Crippen MR) is 183 cm³/mol. The zero-order valence-corrected chi connectivity index (χ0v) is 29.3. The average molecular weight is 709 g/mol. The molecule has 0 spiro atoms. The Kier molecular flexibility index (Phi) is 10.6. The first kappa shape index (κ1) is 35.1. The van der Waals surface area contributed by atoms with Gasteiger partial charge in [0.05, 0.1) is 29.0 Å². The van der Waals surface area contributed by atoms with Crippen LogP contribution in [0.15, 0.2) is 48.9 Å². The lowest BCUT2D eigenvalue weighted by Crippen LogP contribution is -2.46.